The van der Waals surface area contributed by atoms with Crippen molar-refractivity contribution in [2.45, 2.75) is 64.5 Å². The Labute approximate surface area is 138 Å². The number of carbonyl (C=O) groups excluding carboxylic acids is 1. The minimum absolute atomic E-state index is 0.0918. The molecule has 2 unspecified atom stereocenters. The maximum Gasteiger partial charge on any atom is 0.315 e. The lowest BCUT2D eigenvalue weighted by Gasteiger charge is -2.34. The Kier molecular flexibility index (Phi) is 6.69. The molecule has 1 heterocycles. The highest BCUT2D eigenvalue weighted by molar-refractivity contribution is 5.74. The van der Waals surface area contributed by atoms with Gasteiger partial charge in [-0.25, -0.2) is 4.79 Å². The van der Waals surface area contributed by atoms with Crippen molar-refractivity contribution >= 4 is 12.0 Å². The van der Waals surface area contributed by atoms with Crippen molar-refractivity contribution < 1.29 is 19.4 Å². The Balaban J connectivity index is 1.70. The first-order valence-corrected chi connectivity index (χ1v) is 8.86. The molecule has 2 atom stereocenters. The predicted molar refractivity (Wildman–Crippen MR) is 87.2 cm³/mol. The zero-order chi connectivity index (χ0) is 16.8. The van der Waals surface area contributed by atoms with Gasteiger partial charge in [0.1, 0.15) is 0 Å². The number of nitrogens with one attached hydrogen (secondary N) is 2. The van der Waals surface area contributed by atoms with Gasteiger partial charge in [-0.3, -0.25) is 4.79 Å². The molecule has 0 aromatic rings. The van der Waals surface area contributed by atoms with Crippen LogP contribution in [0.1, 0.15) is 52.4 Å². The molecule has 2 rings (SSSR count). The second kappa shape index (κ2) is 8.52. The van der Waals surface area contributed by atoms with Crippen molar-refractivity contribution in [1.29, 1.82) is 0 Å². The van der Waals surface area contributed by atoms with Crippen LogP contribution in [0.15, 0.2) is 0 Å². The van der Waals surface area contributed by atoms with Crippen molar-refractivity contribution in [3.8, 4) is 0 Å². The summed E-state index contributed by atoms with van der Waals surface area (Å²) in [5, 5.41) is 14.9. The first kappa shape index (κ1) is 18.0. The zero-order valence-electron chi connectivity index (χ0n) is 14.2. The van der Waals surface area contributed by atoms with Gasteiger partial charge >= 0.3 is 12.0 Å². The van der Waals surface area contributed by atoms with Crippen LogP contribution >= 0.6 is 0 Å². The molecule has 0 bridgehead atoms. The lowest BCUT2D eigenvalue weighted by molar-refractivity contribution is -0.142. The van der Waals surface area contributed by atoms with Gasteiger partial charge in [0.25, 0.3) is 0 Å². The third kappa shape index (κ3) is 5.37. The Bertz CT molecular complexity index is 405. The molecule has 2 amide bonds. The van der Waals surface area contributed by atoms with Crippen LogP contribution in [-0.2, 0) is 9.53 Å². The van der Waals surface area contributed by atoms with Crippen molar-refractivity contribution in [2.75, 3.05) is 13.2 Å². The predicted octanol–water partition coefficient (Wildman–Crippen LogP) is 2.38. The van der Waals surface area contributed by atoms with Gasteiger partial charge in [0.05, 0.1) is 12.0 Å². The van der Waals surface area contributed by atoms with E-state index in [9.17, 15) is 9.59 Å². The first-order valence-electron chi connectivity index (χ1n) is 8.86. The number of rotatable bonds is 5. The molecule has 132 valence electrons. The SMILES string of the molecule is CC(C)C1OCCCC1CNC(=O)NC1CCC(C(=O)O)CC1. The average Bonchev–Trinajstić information content (AvgIpc) is 2.53. The standard InChI is InChI=1S/C17H30N2O4/c1-11(2)15-13(4-3-9-23-15)10-18-17(22)19-14-7-5-12(6-8-14)16(20)21/h11-15H,3-10H2,1-2H3,(H,20,21)(H2,18,19,22). The van der Waals surface area contributed by atoms with E-state index in [1.54, 1.807) is 0 Å². The van der Waals surface area contributed by atoms with Gasteiger partial charge in [0, 0.05) is 25.1 Å². The largest absolute Gasteiger partial charge is 0.481 e. The summed E-state index contributed by atoms with van der Waals surface area (Å²) in [7, 11) is 0. The molecule has 3 N–H and O–H groups in total. The molecule has 0 radical (unpaired) electrons. The van der Waals surface area contributed by atoms with Crippen molar-refractivity contribution in [2.24, 2.45) is 17.8 Å². The summed E-state index contributed by atoms with van der Waals surface area (Å²) in [6.45, 7) is 5.77. The number of hydrogen-bond donors (Lipinski definition) is 3. The van der Waals surface area contributed by atoms with Gasteiger partial charge in [0.2, 0.25) is 0 Å². The molecule has 1 aliphatic carbocycles. The van der Waals surface area contributed by atoms with E-state index in [0.717, 1.165) is 32.3 Å². The van der Waals surface area contributed by atoms with Gasteiger partial charge in [-0.2, -0.15) is 0 Å². The molecule has 6 heteroatoms. The van der Waals surface area contributed by atoms with Crippen molar-refractivity contribution in [1.82, 2.24) is 10.6 Å². The first-order chi connectivity index (χ1) is 11.0. The maximum atomic E-state index is 12.1. The lowest BCUT2D eigenvalue weighted by atomic mass is 9.86. The summed E-state index contributed by atoms with van der Waals surface area (Å²) in [6.07, 6.45) is 5.13. The number of carboxylic acids is 1. The van der Waals surface area contributed by atoms with Crippen LogP contribution in [0.3, 0.4) is 0 Å². The third-order valence-corrected chi connectivity index (χ3v) is 5.09. The maximum absolute atomic E-state index is 12.1. The fourth-order valence-corrected chi connectivity index (χ4v) is 3.77. The van der Waals surface area contributed by atoms with Crippen LogP contribution in [0, 0.1) is 17.8 Å². The zero-order valence-corrected chi connectivity index (χ0v) is 14.2. The van der Waals surface area contributed by atoms with Crippen LogP contribution < -0.4 is 10.6 Å². The molecule has 23 heavy (non-hydrogen) atoms. The number of hydrogen-bond acceptors (Lipinski definition) is 3. The molecule has 2 aliphatic rings. The summed E-state index contributed by atoms with van der Waals surface area (Å²) in [6, 6.07) is -0.0500. The molecular weight excluding hydrogens is 296 g/mol. The molecule has 0 aromatic heterocycles. The van der Waals surface area contributed by atoms with E-state index in [-0.39, 0.29) is 24.1 Å². The van der Waals surface area contributed by atoms with Crippen molar-refractivity contribution in [3.05, 3.63) is 0 Å². The van der Waals surface area contributed by atoms with E-state index in [0.29, 0.717) is 31.2 Å². The highest BCUT2D eigenvalue weighted by Crippen LogP contribution is 2.26. The van der Waals surface area contributed by atoms with Crippen LogP contribution in [-0.4, -0.2) is 42.4 Å². The fraction of sp³-hybridized carbons (Fsp3) is 0.882. The van der Waals surface area contributed by atoms with Crippen LogP contribution in [0.25, 0.3) is 0 Å². The topological polar surface area (TPSA) is 87.7 Å². The number of carbonyl (C=O) groups is 2. The molecule has 1 saturated carbocycles. The number of ether oxygens (including phenoxy) is 1. The Morgan fingerprint density at radius 3 is 2.48 bits per heavy atom. The van der Waals surface area contributed by atoms with Crippen LogP contribution in [0.4, 0.5) is 4.79 Å². The monoisotopic (exact) mass is 326 g/mol. The molecule has 1 aliphatic heterocycles. The van der Waals surface area contributed by atoms with Gasteiger partial charge in [0.15, 0.2) is 0 Å². The van der Waals surface area contributed by atoms with Gasteiger partial charge < -0.3 is 20.5 Å². The summed E-state index contributed by atoms with van der Waals surface area (Å²) >= 11 is 0. The minimum atomic E-state index is -0.718. The summed E-state index contributed by atoms with van der Waals surface area (Å²) in [4.78, 5) is 23.0. The summed E-state index contributed by atoms with van der Waals surface area (Å²) < 4.78 is 5.84. The van der Waals surface area contributed by atoms with E-state index in [1.165, 1.54) is 0 Å². The van der Waals surface area contributed by atoms with E-state index in [2.05, 4.69) is 24.5 Å². The van der Waals surface area contributed by atoms with E-state index in [1.807, 2.05) is 0 Å². The van der Waals surface area contributed by atoms with E-state index >= 15 is 0 Å². The number of urea groups is 1. The molecular formula is C17H30N2O4. The lowest BCUT2D eigenvalue weighted by Crippen LogP contribution is -2.47. The second-order valence-corrected chi connectivity index (χ2v) is 7.22. The summed E-state index contributed by atoms with van der Waals surface area (Å²) in [5.74, 6) is -0.138. The fourth-order valence-electron chi connectivity index (χ4n) is 3.77. The average molecular weight is 326 g/mol. The number of carboxylic acid groups (broad SMARTS) is 1. The Hall–Kier alpha value is -1.30. The molecule has 0 aromatic carbocycles. The third-order valence-electron chi connectivity index (χ3n) is 5.09. The van der Waals surface area contributed by atoms with Crippen LogP contribution in [0.5, 0.6) is 0 Å². The second-order valence-electron chi connectivity index (χ2n) is 7.22. The number of aliphatic carboxylic acids is 1. The highest BCUT2D eigenvalue weighted by Gasteiger charge is 2.30. The smallest absolute Gasteiger partial charge is 0.315 e. The minimum Gasteiger partial charge on any atom is -0.481 e. The Morgan fingerprint density at radius 1 is 1.17 bits per heavy atom. The van der Waals surface area contributed by atoms with Gasteiger partial charge in [-0.15, -0.1) is 0 Å². The molecule has 2 fully saturated rings. The highest BCUT2D eigenvalue weighted by atomic mass is 16.5. The summed E-state index contributed by atoms with van der Waals surface area (Å²) in [5.41, 5.74) is 0. The van der Waals surface area contributed by atoms with Gasteiger partial charge in [-0.1, -0.05) is 13.8 Å². The normalized spacial score (nSPS) is 31.6. The quantitative estimate of drug-likeness (QED) is 0.724. The molecule has 1 saturated heterocycles. The Morgan fingerprint density at radius 2 is 1.87 bits per heavy atom. The van der Waals surface area contributed by atoms with E-state index in [4.69, 9.17) is 9.84 Å². The van der Waals surface area contributed by atoms with E-state index < -0.39 is 5.97 Å². The van der Waals surface area contributed by atoms with Gasteiger partial charge in [-0.05, 0) is 44.4 Å². The van der Waals surface area contributed by atoms with Crippen LogP contribution in [0.2, 0.25) is 0 Å². The molecule has 6 nitrogen and oxygen atoms in total. The van der Waals surface area contributed by atoms with Crippen molar-refractivity contribution in [3.63, 3.8) is 0 Å². The molecule has 0 spiro atoms. The number of amides is 2.